The molecule has 3 rings (SSSR count). The molecule has 26 heavy (non-hydrogen) atoms. The lowest BCUT2D eigenvalue weighted by atomic mass is 10.1. The van der Waals surface area contributed by atoms with Crippen molar-refractivity contribution in [3.8, 4) is 11.3 Å². The lowest BCUT2D eigenvalue weighted by Gasteiger charge is -2.08. The first-order valence-electron chi connectivity index (χ1n) is 8.22. The van der Waals surface area contributed by atoms with Crippen LogP contribution in [-0.4, -0.2) is 40.1 Å². The van der Waals surface area contributed by atoms with Gasteiger partial charge in [0.2, 0.25) is 0 Å². The van der Waals surface area contributed by atoms with Crippen molar-refractivity contribution in [2.45, 2.75) is 13.8 Å². The number of fused-ring (bicyclic) bond motifs is 1. The van der Waals surface area contributed by atoms with E-state index in [1.807, 2.05) is 30.3 Å². The lowest BCUT2D eigenvalue weighted by molar-refractivity contribution is 0.0474. The van der Waals surface area contributed by atoms with Gasteiger partial charge in [-0.1, -0.05) is 30.3 Å². The van der Waals surface area contributed by atoms with Gasteiger partial charge in [0, 0.05) is 5.56 Å². The maximum Gasteiger partial charge on any atom is 0.357 e. The Labute approximate surface area is 149 Å². The summed E-state index contributed by atoms with van der Waals surface area (Å²) in [7, 11) is 0. The van der Waals surface area contributed by atoms with Gasteiger partial charge in [-0.15, -0.1) is 0 Å². The van der Waals surface area contributed by atoms with Crippen LogP contribution in [0, 0.1) is 0 Å². The van der Waals surface area contributed by atoms with Gasteiger partial charge in [-0.25, -0.2) is 14.6 Å². The smallest absolute Gasteiger partial charge is 0.357 e. The third-order valence-electron chi connectivity index (χ3n) is 3.79. The third-order valence-corrected chi connectivity index (χ3v) is 3.79. The fourth-order valence-corrected chi connectivity index (χ4v) is 2.65. The first-order chi connectivity index (χ1) is 12.6. The number of benzene rings is 1. The summed E-state index contributed by atoms with van der Waals surface area (Å²) in [6, 6.07) is 12.2. The Hall–Kier alpha value is -3.35. The fourth-order valence-electron chi connectivity index (χ4n) is 2.65. The molecule has 1 aromatic carbocycles. The molecule has 0 aliphatic rings. The maximum absolute atomic E-state index is 12.2. The van der Waals surface area contributed by atoms with E-state index in [-0.39, 0.29) is 24.5 Å². The maximum atomic E-state index is 12.2. The number of hydrogen-bond acceptors (Lipinski definition) is 6. The summed E-state index contributed by atoms with van der Waals surface area (Å²) in [4.78, 5) is 28.7. The molecule has 0 aliphatic heterocycles. The highest BCUT2D eigenvalue weighted by molar-refractivity contribution is 6.05. The van der Waals surface area contributed by atoms with Crippen molar-refractivity contribution >= 4 is 23.0 Å². The van der Waals surface area contributed by atoms with Crippen molar-refractivity contribution in [3.05, 3.63) is 53.7 Å². The summed E-state index contributed by atoms with van der Waals surface area (Å²) >= 11 is 0. The number of rotatable bonds is 5. The quantitative estimate of drug-likeness (QED) is 0.558. The molecule has 0 spiro atoms. The van der Waals surface area contributed by atoms with E-state index in [1.54, 1.807) is 19.9 Å². The Balaban J connectivity index is 2.21. The molecule has 0 radical (unpaired) electrons. The Morgan fingerprint density at radius 3 is 2.35 bits per heavy atom. The molecule has 0 unspecified atom stereocenters. The molecule has 2 heterocycles. The van der Waals surface area contributed by atoms with Crippen LogP contribution < -0.4 is 0 Å². The van der Waals surface area contributed by atoms with Crippen molar-refractivity contribution in [1.29, 1.82) is 0 Å². The number of nitrogens with zero attached hydrogens (tertiary/aromatic N) is 2. The molecule has 0 bridgehead atoms. The first-order valence-corrected chi connectivity index (χ1v) is 8.22. The Bertz CT molecular complexity index is 963. The van der Waals surface area contributed by atoms with Gasteiger partial charge in [0.15, 0.2) is 5.69 Å². The molecule has 7 nitrogen and oxygen atoms in total. The first kappa shape index (κ1) is 17.5. The van der Waals surface area contributed by atoms with Gasteiger partial charge in [-0.2, -0.15) is 4.73 Å². The van der Waals surface area contributed by atoms with Gasteiger partial charge < -0.3 is 14.7 Å². The molecular formula is C19H18N2O5. The molecule has 1 N–H and O–H groups in total. The molecule has 3 aromatic rings. The highest BCUT2D eigenvalue weighted by Crippen LogP contribution is 2.28. The van der Waals surface area contributed by atoms with Crippen molar-refractivity contribution in [2.24, 2.45) is 0 Å². The normalized spacial score (nSPS) is 10.7. The van der Waals surface area contributed by atoms with E-state index < -0.39 is 11.9 Å². The molecular weight excluding hydrogens is 336 g/mol. The van der Waals surface area contributed by atoms with E-state index in [0.717, 1.165) is 10.3 Å². The molecule has 0 saturated carbocycles. The summed E-state index contributed by atoms with van der Waals surface area (Å²) in [5.74, 6) is -1.42. The summed E-state index contributed by atoms with van der Waals surface area (Å²) in [6.45, 7) is 3.62. The van der Waals surface area contributed by atoms with Gasteiger partial charge in [0.25, 0.3) is 0 Å². The number of aromatic nitrogens is 2. The highest BCUT2D eigenvalue weighted by atomic mass is 16.5. The molecule has 0 amide bonds. The van der Waals surface area contributed by atoms with E-state index in [1.165, 1.54) is 6.07 Å². The van der Waals surface area contributed by atoms with Gasteiger partial charge in [-0.3, -0.25) is 0 Å². The van der Waals surface area contributed by atoms with Crippen molar-refractivity contribution in [1.82, 2.24) is 9.71 Å². The molecule has 0 fully saturated rings. The van der Waals surface area contributed by atoms with Crippen molar-refractivity contribution in [3.63, 3.8) is 0 Å². The lowest BCUT2D eigenvalue weighted by Crippen LogP contribution is -2.16. The molecule has 0 atom stereocenters. The Morgan fingerprint density at radius 1 is 1.04 bits per heavy atom. The molecule has 7 heteroatoms. The van der Waals surface area contributed by atoms with Crippen LogP contribution in [0.4, 0.5) is 0 Å². The number of carbonyl (C=O) groups is 2. The van der Waals surface area contributed by atoms with Crippen LogP contribution in [0.1, 0.15) is 34.7 Å². The van der Waals surface area contributed by atoms with Crippen molar-refractivity contribution in [2.75, 3.05) is 13.2 Å². The minimum atomic E-state index is -0.718. The van der Waals surface area contributed by atoms with Gasteiger partial charge in [0.1, 0.15) is 5.52 Å². The topological polar surface area (TPSA) is 90.6 Å². The van der Waals surface area contributed by atoms with E-state index in [2.05, 4.69) is 4.98 Å². The highest BCUT2D eigenvalue weighted by Gasteiger charge is 2.24. The summed E-state index contributed by atoms with van der Waals surface area (Å²) in [6.07, 6.45) is 0. The minimum Gasteiger partial charge on any atom is -0.462 e. The van der Waals surface area contributed by atoms with Gasteiger partial charge >= 0.3 is 11.9 Å². The van der Waals surface area contributed by atoms with Crippen LogP contribution >= 0.6 is 0 Å². The second-order valence-electron chi connectivity index (χ2n) is 5.44. The van der Waals surface area contributed by atoms with Crippen LogP contribution in [0.3, 0.4) is 0 Å². The SMILES string of the molecule is CCOC(=O)c1cc2c(cc(-c3ccccc3)n2O)nc1C(=O)OCC. The van der Waals surface area contributed by atoms with Crippen LogP contribution in [0.5, 0.6) is 0 Å². The Morgan fingerprint density at radius 2 is 1.69 bits per heavy atom. The van der Waals surface area contributed by atoms with E-state index in [4.69, 9.17) is 9.47 Å². The minimum absolute atomic E-state index is 0.0502. The molecule has 134 valence electrons. The van der Waals surface area contributed by atoms with E-state index in [0.29, 0.717) is 16.7 Å². The van der Waals surface area contributed by atoms with Crippen LogP contribution in [0.25, 0.3) is 22.3 Å². The monoisotopic (exact) mass is 354 g/mol. The zero-order valence-electron chi connectivity index (χ0n) is 14.4. The molecule has 2 aromatic heterocycles. The average Bonchev–Trinajstić information content (AvgIpc) is 2.98. The zero-order valence-corrected chi connectivity index (χ0v) is 14.4. The van der Waals surface area contributed by atoms with Crippen LogP contribution in [-0.2, 0) is 9.47 Å². The second-order valence-corrected chi connectivity index (χ2v) is 5.44. The van der Waals surface area contributed by atoms with Crippen molar-refractivity contribution < 1.29 is 24.3 Å². The summed E-state index contributed by atoms with van der Waals surface area (Å²) < 4.78 is 10.9. The largest absolute Gasteiger partial charge is 0.462 e. The fraction of sp³-hybridized carbons (Fsp3) is 0.211. The van der Waals surface area contributed by atoms with E-state index >= 15 is 0 Å². The summed E-state index contributed by atoms with van der Waals surface area (Å²) in [5.41, 5.74) is 1.73. The number of hydrogen-bond donors (Lipinski definition) is 1. The zero-order chi connectivity index (χ0) is 18.7. The van der Waals surface area contributed by atoms with E-state index in [9.17, 15) is 14.8 Å². The molecule has 0 saturated heterocycles. The van der Waals surface area contributed by atoms with Crippen LogP contribution in [0.2, 0.25) is 0 Å². The predicted molar refractivity (Wildman–Crippen MR) is 94.3 cm³/mol. The number of ether oxygens (including phenoxy) is 2. The average molecular weight is 354 g/mol. The van der Waals surface area contributed by atoms with Gasteiger partial charge in [0.05, 0.1) is 30.0 Å². The predicted octanol–water partition coefficient (Wildman–Crippen LogP) is 3.29. The summed E-state index contributed by atoms with van der Waals surface area (Å²) in [5, 5.41) is 10.5. The standard InChI is InChI=1S/C19H18N2O5/c1-3-25-18(22)13-10-16-14(20-17(13)19(23)26-4-2)11-15(21(16)24)12-8-6-5-7-9-12/h5-11,24H,3-4H2,1-2H3. The third kappa shape index (κ3) is 3.11. The second kappa shape index (κ2) is 7.26. The number of carbonyl (C=O) groups excluding carboxylic acids is 2. The Kier molecular flexibility index (Phi) is 4.88. The number of pyridine rings is 1. The molecule has 0 aliphatic carbocycles. The number of esters is 2. The van der Waals surface area contributed by atoms with Crippen LogP contribution in [0.15, 0.2) is 42.5 Å². The van der Waals surface area contributed by atoms with Gasteiger partial charge in [-0.05, 0) is 26.0 Å².